The summed E-state index contributed by atoms with van der Waals surface area (Å²) in [5.74, 6) is -11.3. The summed E-state index contributed by atoms with van der Waals surface area (Å²) in [5, 5.41) is 48.4. The average Bonchev–Trinajstić information content (AvgIpc) is 3.27. The quantitative estimate of drug-likeness (QED) is 0.0377. The van der Waals surface area contributed by atoms with E-state index in [0.29, 0.717) is 12.0 Å². The van der Waals surface area contributed by atoms with Gasteiger partial charge in [0.25, 0.3) is 5.91 Å². The lowest BCUT2D eigenvalue weighted by Crippen LogP contribution is -2.57. The van der Waals surface area contributed by atoms with Gasteiger partial charge in [-0.2, -0.15) is 0 Å². The second kappa shape index (κ2) is 28.9. The van der Waals surface area contributed by atoms with Gasteiger partial charge in [0.05, 0.1) is 24.5 Å². The molecule has 69 heavy (non-hydrogen) atoms. The molecule has 14 N–H and O–H groups in total. The molecule has 1 fully saturated rings. The molecule has 22 heteroatoms. The first-order valence-electron chi connectivity index (χ1n) is 22.8. The Bertz CT molecular complexity index is 2100. The highest BCUT2D eigenvalue weighted by atomic mass is 16.4. The number of allylic oxidation sites excluding steroid dienone is 3. The maximum atomic E-state index is 14.2. The first kappa shape index (κ1) is 58.0. The van der Waals surface area contributed by atoms with E-state index in [1.807, 2.05) is 37.3 Å². The third kappa shape index (κ3) is 21.2. The molecule has 1 aliphatic heterocycles. The number of hydrogen-bond acceptors (Lipinski definition) is 11. The number of aliphatic hydroxyl groups excluding tert-OH is 1. The number of aliphatic carboxylic acids is 2. The molecule has 22 nitrogen and oxygen atoms in total. The number of carbonyl (C=O) groups is 9. The maximum Gasteiger partial charge on any atom is 0.326 e. The molecular weight excluding hydrogens is 897 g/mol. The number of carboxylic acids is 2. The summed E-state index contributed by atoms with van der Waals surface area (Å²) in [6.07, 6.45) is 3.92. The summed E-state index contributed by atoms with van der Waals surface area (Å²) in [5.41, 5.74) is 12.2. The van der Waals surface area contributed by atoms with Crippen molar-refractivity contribution in [1.29, 1.82) is 0 Å². The second-order valence-corrected chi connectivity index (χ2v) is 17.5. The fraction of sp³-hybridized carbons (Fsp3) is 0.532. The lowest BCUT2D eigenvalue weighted by atomic mass is 9.94. The fourth-order valence-electron chi connectivity index (χ4n) is 6.98. The van der Waals surface area contributed by atoms with Gasteiger partial charge in [-0.25, -0.2) is 9.59 Å². The summed E-state index contributed by atoms with van der Waals surface area (Å²) in [6.45, 7) is 11.2. The van der Waals surface area contributed by atoms with E-state index in [1.54, 1.807) is 32.9 Å². The zero-order chi connectivity index (χ0) is 52.0. The number of hydrogen-bond donors (Lipinski definition) is 12. The molecule has 1 aromatic carbocycles. The van der Waals surface area contributed by atoms with Crippen LogP contribution in [0.4, 0.5) is 0 Å². The highest BCUT2D eigenvalue weighted by Crippen LogP contribution is 2.17. The van der Waals surface area contributed by atoms with Gasteiger partial charge in [0.15, 0.2) is 5.96 Å². The van der Waals surface area contributed by atoms with E-state index in [-0.39, 0.29) is 49.3 Å². The molecular formula is C47H70N10O12. The number of nitrogens with zero attached hydrogens (tertiary/aromatic N) is 1. The lowest BCUT2D eigenvalue weighted by Gasteiger charge is -2.27. The molecule has 9 atom stereocenters. The normalized spacial score (nSPS) is 25.1. The molecule has 0 bridgehead atoms. The predicted octanol–water partition coefficient (Wildman–Crippen LogP) is -0.234. The van der Waals surface area contributed by atoms with Crippen molar-refractivity contribution < 1.29 is 58.5 Å². The zero-order valence-electron chi connectivity index (χ0n) is 40.2. The van der Waals surface area contributed by atoms with Crippen molar-refractivity contribution in [2.45, 2.75) is 136 Å². The Hall–Kier alpha value is -7.10. The minimum absolute atomic E-state index is 0.0122. The Kier molecular flexibility index (Phi) is 24.3. The fourth-order valence-corrected chi connectivity index (χ4v) is 6.98. The van der Waals surface area contributed by atoms with Gasteiger partial charge in [0.2, 0.25) is 35.4 Å². The number of carboxylic acid groups (broad SMARTS) is 2. The third-order valence-corrected chi connectivity index (χ3v) is 11.0. The SMILES string of the molecule is C/C=C1\NC(=O)CC[C@H](C(=O)O)NC(=O)[C@@H](C)[C@H](/C=C/C(C)=C/[C@H](C)[C@@H](O)Cc2ccccc2)NC(=O)[C@H](CCCN=C(N)N)NC(=O)C[C@H](C(=O)O)NC(=O)[C@H](CC(C)C)NC(=O)[C@@H](C)NC1=O. The smallest absolute Gasteiger partial charge is 0.326 e. The van der Waals surface area contributed by atoms with Crippen LogP contribution in [0.3, 0.4) is 0 Å². The summed E-state index contributed by atoms with van der Waals surface area (Å²) >= 11 is 0. The Balaban J connectivity index is 2.66. The molecule has 0 spiro atoms. The van der Waals surface area contributed by atoms with Crippen LogP contribution in [0.15, 0.2) is 70.9 Å². The van der Waals surface area contributed by atoms with Crippen LogP contribution >= 0.6 is 0 Å². The van der Waals surface area contributed by atoms with Crippen LogP contribution in [-0.2, 0) is 49.6 Å². The Labute approximate surface area is 402 Å². The Morgan fingerprint density at radius 2 is 1.43 bits per heavy atom. The minimum atomic E-state index is -1.85. The number of aliphatic hydroxyl groups is 1. The maximum absolute atomic E-state index is 14.2. The van der Waals surface area contributed by atoms with Crippen molar-refractivity contribution in [3.63, 3.8) is 0 Å². The minimum Gasteiger partial charge on any atom is -0.480 e. The number of carbonyl (C=O) groups excluding carboxylic acids is 7. The van der Waals surface area contributed by atoms with Gasteiger partial charge in [-0.1, -0.05) is 87.9 Å². The van der Waals surface area contributed by atoms with Gasteiger partial charge in [-0.15, -0.1) is 0 Å². The monoisotopic (exact) mass is 967 g/mol. The average molecular weight is 967 g/mol. The summed E-state index contributed by atoms with van der Waals surface area (Å²) in [4.78, 5) is 124. The van der Waals surface area contributed by atoms with Crippen molar-refractivity contribution >= 4 is 59.2 Å². The molecule has 1 aromatic rings. The van der Waals surface area contributed by atoms with Crippen molar-refractivity contribution in [3.8, 4) is 0 Å². The third-order valence-electron chi connectivity index (χ3n) is 11.0. The first-order valence-corrected chi connectivity index (χ1v) is 22.8. The van der Waals surface area contributed by atoms with Crippen LogP contribution in [0.25, 0.3) is 0 Å². The molecule has 0 aromatic heterocycles. The van der Waals surface area contributed by atoms with E-state index in [2.05, 4.69) is 42.2 Å². The zero-order valence-corrected chi connectivity index (χ0v) is 40.2. The molecule has 0 aliphatic carbocycles. The van der Waals surface area contributed by atoms with Gasteiger partial charge in [-0.05, 0) is 64.4 Å². The molecule has 0 radical (unpaired) electrons. The molecule has 0 saturated carbocycles. The van der Waals surface area contributed by atoms with E-state index in [1.165, 1.54) is 32.9 Å². The molecule has 380 valence electrons. The van der Waals surface area contributed by atoms with Crippen LogP contribution in [0, 0.1) is 17.8 Å². The number of aliphatic imine (C=N–C) groups is 1. The molecule has 0 unspecified atom stereocenters. The van der Waals surface area contributed by atoms with Crippen LogP contribution in [0.5, 0.6) is 0 Å². The largest absolute Gasteiger partial charge is 0.480 e. The van der Waals surface area contributed by atoms with Gasteiger partial charge < -0.3 is 64.0 Å². The Morgan fingerprint density at radius 3 is 2.03 bits per heavy atom. The van der Waals surface area contributed by atoms with Crippen molar-refractivity contribution in [3.05, 3.63) is 71.5 Å². The molecule has 1 heterocycles. The predicted molar refractivity (Wildman–Crippen MR) is 255 cm³/mol. The summed E-state index contributed by atoms with van der Waals surface area (Å²) in [6, 6.07) is 0.654. The van der Waals surface area contributed by atoms with Gasteiger partial charge in [0, 0.05) is 18.9 Å². The van der Waals surface area contributed by atoms with E-state index in [9.17, 15) is 58.5 Å². The molecule has 1 saturated heterocycles. The van der Waals surface area contributed by atoms with Crippen LogP contribution in [-0.4, -0.2) is 123 Å². The van der Waals surface area contributed by atoms with Crippen LogP contribution in [0.1, 0.15) is 92.6 Å². The topological polar surface area (TPSA) is 363 Å². The van der Waals surface area contributed by atoms with Gasteiger partial charge in [0.1, 0.15) is 35.9 Å². The molecule has 2 rings (SSSR count). The number of benzene rings is 1. The number of nitrogens with one attached hydrogen (secondary N) is 7. The first-order chi connectivity index (χ1) is 32.4. The van der Waals surface area contributed by atoms with Crippen molar-refractivity contribution in [2.75, 3.05) is 6.54 Å². The Morgan fingerprint density at radius 1 is 0.812 bits per heavy atom. The standard InChI is InChI=1S/C47H70N10O12/c1-8-31-42(63)51-29(7)41(62)56-35(21-25(2)3)44(65)57-36(46(68)69)24-39(60)53-33(15-12-20-50-47(48)49)43(64)54-32(28(6)40(61)55-34(45(66)67)18-19-38(59)52-31)17-16-26(4)22-27(5)37(58)23-30-13-10-9-11-14-30/h8-11,13-14,16-17,22,25,27-29,32-37,58H,12,15,18-21,23-24H2,1-7H3,(H,51,63)(H,52,59)(H,53,60)(H,54,64)(H,55,61)(H,56,62)(H,57,65)(H,66,67)(H,68,69)(H4,48,49,50)/b17-16+,26-22+,31-8-/t27-,28-,29+,32-,33-,34+,35-,36+,37-/m0/s1. The second-order valence-electron chi connectivity index (χ2n) is 17.5. The highest BCUT2D eigenvalue weighted by Gasteiger charge is 2.34. The number of nitrogens with two attached hydrogens (primary N) is 2. The van der Waals surface area contributed by atoms with E-state index >= 15 is 0 Å². The lowest BCUT2D eigenvalue weighted by molar-refractivity contribution is -0.144. The van der Waals surface area contributed by atoms with E-state index in [0.717, 1.165) is 5.56 Å². The van der Waals surface area contributed by atoms with Crippen molar-refractivity contribution in [2.24, 2.45) is 34.2 Å². The van der Waals surface area contributed by atoms with Crippen LogP contribution in [0.2, 0.25) is 0 Å². The van der Waals surface area contributed by atoms with E-state index < -0.39 is 121 Å². The van der Waals surface area contributed by atoms with Gasteiger partial charge >= 0.3 is 11.9 Å². The number of amides is 7. The number of guanidine groups is 1. The highest BCUT2D eigenvalue weighted by molar-refractivity contribution is 6.00. The number of rotatable bonds is 14. The summed E-state index contributed by atoms with van der Waals surface area (Å²) in [7, 11) is 0. The summed E-state index contributed by atoms with van der Waals surface area (Å²) < 4.78 is 0. The molecule has 7 amide bonds. The van der Waals surface area contributed by atoms with Crippen LogP contribution < -0.4 is 48.7 Å². The van der Waals surface area contributed by atoms with E-state index in [4.69, 9.17) is 11.5 Å². The molecule has 1 aliphatic rings. The van der Waals surface area contributed by atoms with Gasteiger partial charge in [-0.3, -0.25) is 38.6 Å². The van der Waals surface area contributed by atoms with Crippen molar-refractivity contribution in [1.82, 2.24) is 37.2 Å².